The number of allylic oxidation sites excluding steroid dienone is 1. The number of fused-ring (bicyclic) bond motifs is 1. The van der Waals surface area contributed by atoms with Gasteiger partial charge in [0.1, 0.15) is 11.8 Å². The predicted molar refractivity (Wildman–Crippen MR) is 70.3 cm³/mol. The summed E-state index contributed by atoms with van der Waals surface area (Å²) in [6.07, 6.45) is 7.13. The summed E-state index contributed by atoms with van der Waals surface area (Å²) in [5.74, 6) is 2.31. The fraction of sp³-hybridized carbons (Fsp3) is 0.400. The van der Waals surface area contributed by atoms with Crippen LogP contribution < -0.4 is 10.1 Å². The summed E-state index contributed by atoms with van der Waals surface area (Å²) in [7, 11) is 0. The van der Waals surface area contributed by atoms with Crippen molar-refractivity contribution in [3.63, 3.8) is 0 Å². The number of nitrogens with zero attached hydrogens (tertiary/aromatic N) is 1. The SMILES string of the molecule is N#CCOc1cccc(NC2CC3CC=CC32)c1. The van der Waals surface area contributed by atoms with E-state index in [1.807, 2.05) is 30.3 Å². The van der Waals surface area contributed by atoms with Gasteiger partial charge in [-0.2, -0.15) is 5.26 Å². The van der Waals surface area contributed by atoms with Gasteiger partial charge in [0.2, 0.25) is 0 Å². The van der Waals surface area contributed by atoms with Crippen molar-refractivity contribution in [2.24, 2.45) is 11.8 Å². The van der Waals surface area contributed by atoms with Crippen molar-refractivity contribution in [3.05, 3.63) is 36.4 Å². The minimum absolute atomic E-state index is 0.0975. The minimum Gasteiger partial charge on any atom is -0.479 e. The van der Waals surface area contributed by atoms with Crippen LogP contribution in [0.2, 0.25) is 0 Å². The normalized spacial score (nSPS) is 28.1. The van der Waals surface area contributed by atoms with Crippen LogP contribution in [0.15, 0.2) is 36.4 Å². The van der Waals surface area contributed by atoms with Gasteiger partial charge in [-0.15, -0.1) is 0 Å². The molecule has 0 spiro atoms. The molecule has 3 rings (SSSR count). The molecular formula is C15H16N2O. The monoisotopic (exact) mass is 240 g/mol. The van der Waals surface area contributed by atoms with Crippen molar-refractivity contribution in [2.75, 3.05) is 11.9 Å². The lowest BCUT2D eigenvalue weighted by molar-refractivity contribution is 0.218. The Morgan fingerprint density at radius 1 is 1.44 bits per heavy atom. The van der Waals surface area contributed by atoms with Gasteiger partial charge in [-0.05, 0) is 30.9 Å². The Bertz CT molecular complexity index is 503. The van der Waals surface area contributed by atoms with E-state index < -0.39 is 0 Å². The average molecular weight is 240 g/mol. The van der Waals surface area contributed by atoms with Crippen molar-refractivity contribution in [1.82, 2.24) is 0 Å². The lowest BCUT2D eigenvalue weighted by atomic mass is 9.71. The Balaban J connectivity index is 1.62. The first-order valence-corrected chi connectivity index (χ1v) is 6.40. The van der Waals surface area contributed by atoms with Gasteiger partial charge in [-0.3, -0.25) is 0 Å². The van der Waals surface area contributed by atoms with Crippen LogP contribution >= 0.6 is 0 Å². The van der Waals surface area contributed by atoms with Gasteiger partial charge < -0.3 is 10.1 Å². The molecule has 3 atom stereocenters. The van der Waals surface area contributed by atoms with Gasteiger partial charge in [-0.25, -0.2) is 0 Å². The van der Waals surface area contributed by atoms with Crippen LogP contribution in [0.5, 0.6) is 5.75 Å². The Morgan fingerprint density at radius 2 is 2.39 bits per heavy atom. The molecule has 2 aliphatic carbocycles. The van der Waals surface area contributed by atoms with E-state index in [0.717, 1.165) is 17.4 Å². The molecule has 0 saturated heterocycles. The van der Waals surface area contributed by atoms with Crippen LogP contribution in [0.25, 0.3) is 0 Å². The highest BCUT2D eigenvalue weighted by Crippen LogP contribution is 2.44. The molecule has 92 valence electrons. The number of hydrogen-bond acceptors (Lipinski definition) is 3. The van der Waals surface area contributed by atoms with E-state index in [4.69, 9.17) is 10.00 Å². The molecule has 0 radical (unpaired) electrons. The molecule has 18 heavy (non-hydrogen) atoms. The molecule has 0 bridgehead atoms. The van der Waals surface area contributed by atoms with E-state index >= 15 is 0 Å². The Morgan fingerprint density at radius 3 is 3.22 bits per heavy atom. The van der Waals surface area contributed by atoms with Gasteiger partial charge in [0.05, 0.1) is 0 Å². The van der Waals surface area contributed by atoms with Crippen LogP contribution in [0.3, 0.4) is 0 Å². The van der Waals surface area contributed by atoms with E-state index in [0.29, 0.717) is 12.0 Å². The first-order chi connectivity index (χ1) is 8.86. The number of nitriles is 1. The van der Waals surface area contributed by atoms with Crippen molar-refractivity contribution in [1.29, 1.82) is 5.26 Å². The zero-order valence-corrected chi connectivity index (χ0v) is 10.2. The number of hydrogen-bond donors (Lipinski definition) is 1. The maximum Gasteiger partial charge on any atom is 0.174 e. The largest absolute Gasteiger partial charge is 0.479 e. The van der Waals surface area contributed by atoms with E-state index in [-0.39, 0.29) is 6.61 Å². The summed E-state index contributed by atoms with van der Waals surface area (Å²) in [5.41, 5.74) is 1.08. The summed E-state index contributed by atoms with van der Waals surface area (Å²) in [4.78, 5) is 0. The molecular weight excluding hydrogens is 224 g/mol. The number of anilines is 1. The molecule has 0 aromatic heterocycles. The number of nitrogens with one attached hydrogen (secondary N) is 1. The first kappa shape index (κ1) is 11.2. The molecule has 0 heterocycles. The Kier molecular flexibility index (Phi) is 2.93. The number of benzene rings is 1. The smallest absolute Gasteiger partial charge is 0.174 e. The second-order valence-corrected chi connectivity index (χ2v) is 4.96. The van der Waals surface area contributed by atoms with Crippen LogP contribution in [0.1, 0.15) is 12.8 Å². The minimum atomic E-state index is 0.0975. The maximum absolute atomic E-state index is 8.49. The van der Waals surface area contributed by atoms with Crippen molar-refractivity contribution >= 4 is 5.69 Å². The van der Waals surface area contributed by atoms with Gasteiger partial charge in [-0.1, -0.05) is 18.2 Å². The fourth-order valence-corrected chi connectivity index (χ4v) is 2.89. The van der Waals surface area contributed by atoms with Crippen molar-refractivity contribution < 1.29 is 4.74 Å². The lowest BCUT2D eigenvalue weighted by Gasteiger charge is -2.41. The highest BCUT2D eigenvalue weighted by atomic mass is 16.5. The number of rotatable bonds is 4. The molecule has 1 saturated carbocycles. The van der Waals surface area contributed by atoms with Gasteiger partial charge >= 0.3 is 0 Å². The molecule has 0 amide bonds. The summed E-state index contributed by atoms with van der Waals surface area (Å²) in [6, 6.07) is 10.4. The fourth-order valence-electron chi connectivity index (χ4n) is 2.89. The second kappa shape index (κ2) is 4.73. The highest BCUT2D eigenvalue weighted by molar-refractivity contribution is 5.50. The quantitative estimate of drug-likeness (QED) is 0.823. The van der Waals surface area contributed by atoms with Gasteiger partial charge in [0, 0.05) is 23.7 Å². The lowest BCUT2D eigenvalue weighted by Crippen LogP contribution is -2.43. The molecule has 1 aromatic carbocycles. The summed E-state index contributed by atoms with van der Waals surface area (Å²) >= 11 is 0. The van der Waals surface area contributed by atoms with Crippen molar-refractivity contribution in [3.8, 4) is 11.8 Å². The second-order valence-electron chi connectivity index (χ2n) is 4.96. The van der Waals surface area contributed by atoms with Crippen LogP contribution in [-0.4, -0.2) is 12.6 Å². The molecule has 1 fully saturated rings. The summed E-state index contributed by atoms with van der Waals surface area (Å²) < 4.78 is 5.30. The summed E-state index contributed by atoms with van der Waals surface area (Å²) in [6.45, 7) is 0.0975. The highest BCUT2D eigenvalue weighted by Gasteiger charge is 2.40. The van der Waals surface area contributed by atoms with Gasteiger partial charge in [0.15, 0.2) is 6.61 Å². The number of ether oxygens (including phenoxy) is 1. The topological polar surface area (TPSA) is 45.0 Å². The zero-order chi connectivity index (χ0) is 12.4. The molecule has 2 aliphatic rings. The van der Waals surface area contributed by atoms with E-state index in [1.54, 1.807) is 0 Å². The van der Waals surface area contributed by atoms with E-state index in [1.165, 1.54) is 12.8 Å². The Hall–Kier alpha value is -1.95. The van der Waals surface area contributed by atoms with E-state index in [9.17, 15) is 0 Å². The Labute approximate surface area is 107 Å². The van der Waals surface area contributed by atoms with Gasteiger partial charge in [0.25, 0.3) is 0 Å². The first-order valence-electron chi connectivity index (χ1n) is 6.40. The van der Waals surface area contributed by atoms with Crippen molar-refractivity contribution in [2.45, 2.75) is 18.9 Å². The van der Waals surface area contributed by atoms with Crippen LogP contribution in [0, 0.1) is 23.2 Å². The molecule has 1 aromatic rings. The zero-order valence-electron chi connectivity index (χ0n) is 10.2. The standard InChI is InChI=1S/C15H16N2O/c16-7-8-18-13-5-2-4-12(10-13)17-15-9-11-3-1-6-14(11)15/h1-2,4-6,10-11,14-15,17H,3,8-9H2. The molecule has 3 unspecified atom stereocenters. The molecule has 3 nitrogen and oxygen atoms in total. The van der Waals surface area contributed by atoms with Crippen LogP contribution in [-0.2, 0) is 0 Å². The molecule has 0 aliphatic heterocycles. The third-order valence-electron chi connectivity index (χ3n) is 3.85. The summed E-state index contributed by atoms with van der Waals surface area (Å²) in [5, 5.41) is 12.0. The van der Waals surface area contributed by atoms with E-state index in [2.05, 4.69) is 17.5 Å². The average Bonchev–Trinajstić information content (AvgIpc) is 2.75. The third-order valence-corrected chi connectivity index (χ3v) is 3.85. The maximum atomic E-state index is 8.49. The molecule has 1 N–H and O–H groups in total. The third kappa shape index (κ3) is 2.06. The predicted octanol–water partition coefficient (Wildman–Crippen LogP) is 2.97. The molecule has 3 heteroatoms. The van der Waals surface area contributed by atoms with Crippen LogP contribution in [0.4, 0.5) is 5.69 Å².